The summed E-state index contributed by atoms with van der Waals surface area (Å²) < 4.78 is 1.37. The molecule has 1 aromatic heterocycles. The van der Waals surface area contributed by atoms with Crippen molar-refractivity contribution in [2.75, 3.05) is 36.8 Å². The zero-order valence-corrected chi connectivity index (χ0v) is 18.4. The SMILES string of the molecule is CC(C)CN(C(=O)C[NH+]1CCCCCCC1)c1c(N)n(CC(C)C)c(=O)[nH]c1=O. The molecule has 0 radical (unpaired) electrons. The third-order valence-electron chi connectivity index (χ3n) is 5.34. The number of aromatic nitrogens is 2. The Morgan fingerprint density at radius 1 is 1.07 bits per heavy atom. The second-order valence-electron chi connectivity index (χ2n) is 9.09. The number of aromatic amines is 1. The summed E-state index contributed by atoms with van der Waals surface area (Å²) in [6.07, 6.45) is 5.92. The number of H-pyrrole nitrogens is 1. The molecular formula is C21H38N5O3+. The molecule has 1 amide bonds. The molecule has 0 unspecified atom stereocenters. The first kappa shape index (κ1) is 23.2. The van der Waals surface area contributed by atoms with Gasteiger partial charge in [-0.05, 0) is 37.5 Å². The lowest BCUT2D eigenvalue weighted by atomic mass is 10.1. The van der Waals surface area contributed by atoms with E-state index in [4.69, 9.17) is 5.73 Å². The van der Waals surface area contributed by atoms with Crippen molar-refractivity contribution in [3.63, 3.8) is 0 Å². The predicted molar refractivity (Wildman–Crippen MR) is 116 cm³/mol. The molecule has 4 N–H and O–H groups in total. The van der Waals surface area contributed by atoms with Crippen LogP contribution in [0, 0.1) is 11.8 Å². The molecule has 0 spiro atoms. The molecular weight excluding hydrogens is 370 g/mol. The maximum absolute atomic E-state index is 13.3. The topological polar surface area (TPSA) is 106 Å². The molecule has 1 aliphatic rings. The van der Waals surface area contributed by atoms with Gasteiger partial charge in [0.2, 0.25) is 0 Å². The molecule has 29 heavy (non-hydrogen) atoms. The van der Waals surface area contributed by atoms with E-state index in [-0.39, 0.29) is 29.2 Å². The molecule has 1 aliphatic heterocycles. The van der Waals surface area contributed by atoms with Crippen LogP contribution >= 0.6 is 0 Å². The molecule has 8 nitrogen and oxygen atoms in total. The molecule has 1 saturated heterocycles. The van der Waals surface area contributed by atoms with Crippen molar-refractivity contribution in [2.45, 2.75) is 66.3 Å². The van der Waals surface area contributed by atoms with E-state index >= 15 is 0 Å². The van der Waals surface area contributed by atoms with Crippen LogP contribution in [0.1, 0.15) is 59.8 Å². The van der Waals surface area contributed by atoms with Crippen LogP contribution in [0.4, 0.5) is 11.5 Å². The van der Waals surface area contributed by atoms with Crippen LogP contribution in [0.15, 0.2) is 9.59 Å². The third kappa shape index (κ3) is 6.45. The Balaban J connectivity index is 2.37. The van der Waals surface area contributed by atoms with Crippen molar-refractivity contribution >= 4 is 17.4 Å². The number of rotatable bonds is 7. The molecule has 2 heterocycles. The Labute approximate surface area is 173 Å². The molecule has 0 bridgehead atoms. The highest BCUT2D eigenvalue weighted by Gasteiger charge is 2.28. The van der Waals surface area contributed by atoms with Gasteiger partial charge in [0.15, 0.2) is 12.2 Å². The minimum Gasteiger partial charge on any atom is -0.383 e. The van der Waals surface area contributed by atoms with Crippen molar-refractivity contribution in [1.29, 1.82) is 0 Å². The average Bonchev–Trinajstić information content (AvgIpc) is 2.59. The van der Waals surface area contributed by atoms with E-state index in [0.717, 1.165) is 25.9 Å². The van der Waals surface area contributed by atoms with Crippen molar-refractivity contribution in [3.8, 4) is 0 Å². The number of likely N-dealkylation sites (tertiary alicyclic amines) is 1. The fourth-order valence-corrected chi connectivity index (χ4v) is 3.96. The van der Waals surface area contributed by atoms with Crippen molar-refractivity contribution < 1.29 is 9.69 Å². The fourth-order valence-electron chi connectivity index (χ4n) is 3.96. The summed E-state index contributed by atoms with van der Waals surface area (Å²) in [5.41, 5.74) is 5.25. The van der Waals surface area contributed by atoms with Gasteiger partial charge in [-0.2, -0.15) is 0 Å². The Bertz CT molecular complexity index is 788. The quantitative estimate of drug-likeness (QED) is 0.615. The lowest BCUT2D eigenvalue weighted by Crippen LogP contribution is -3.13. The van der Waals surface area contributed by atoms with Gasteiger partial charge in [-0.3, -0.25) is 24.0 Å². The Morgan fingerprint density at radius 3 is 2.21 bits per heavy atom. The second-order valence-corrected chi connectivity index (χ2v) is 9.09. The first-order valence-electron chi connectivity index (χ1n) is 11.0. The van der Waals surface area contributed by atoms with Crippen LogP contribution in [0.25, 0.3) is 0 Å². The molecule has 1 fully saturated rings. The summed E-state index contributed by atoms with van der Waals surface area (Å²) in [7, 11) is 0. The van der Waals surface area contributed by atoms with E-state index in [9.17, 15) is 14.4 Å². The minimum atomic E-state index is -0.593. The average molecular weight is 409 g/mol. The number of anilines is 2. The zero-order chi connectivity index (χ0) is 21.6. The Morgan fingerprint density at radius 2 is 1.66 bits per heavy atom. The van der Waals surface area contributed by atoms with E-state index < -0.39 is 11.2 Å². The highest BCUT2D eigenvalue weighted by atomic mass is 16.2. The van der Waals surface area contributed by atoms with E-state index in [1.54, 1.807) is 0 Å². The molecule has 8 heteroatoms. The number of nitrogens with zero attached hydrogens (tertiary/aromatic N) is 2. The molecule has 164 valence electrons. The van der Waals surface area contributed by atoms with Gasteiger partial charge in [0.25, 0.3) is 11.5 Å². The van der Waals surface area contributed by atoms with Gasteiger partial charge in [0.1, 0.15) is 5.82 Å². The number of nitrogen functional groups attached to an aromatic ring is 1. The molecule has 0 atom stereocenters. The minimum absolute atomic E-state index is 0.0733. The maximum Gasteiger partial charge on any atom is 0.330 e. The van der Waals surface area contributed by atoms with Gasteiger partial charge >= 0.3 is 5.69 Å². The highest BCUT2D eigenvalue weighted by molar-refractivity contribution is 5.96. The summed E-state index contributed by atoms with van der Waals surface area (Å²) >= 11 is 0. The first-order chi connectivity index (χ1) is 13.7. The van der Waals surface area contributed by atoms with Gasteiger partial charge in [-0.25, -0.2) is 4.79 Å². The normalized spacial score (nSPS) is 16.1. The largest absolute Gasteiger partial charge is 0.383 e. The van der Waals surface area contributed by atoms with Crippen molar-refractivity contribution in [1.82, 2.24) is 9.55 Å². The van der Waals surface area contributed by atoms with Crippen LogP contribution in [-0.4, -0.2) is 41.6 Å². The Hall–Kier alpha value is -2.09. The summed E-state index contributed by atoms with van der Waals surface area (Å²) in [6.45, 7) is 11.0. The second kappa shape index (κ2) is 10.6. The number of hydrogen-bond donors (Lipinski definition) is 3. The number of hydrogen-bond acceptors (Lipinski definition) is 4. The standard InChI is InChI=1S/C21H37N5O3/c1-15(2)12-25(17(27)14-24-10-8-6-5-7-9-11-24)18-19(22)26(13-16(3)4)21(29)23-20(18)28/h15-16H,5-14,22H2,1-4H3,(H,23,28,29)/p+1. The smallest absolute Gasteiger partial charge is 0.330 e. The number of carbonyl (C=O) groups excluding carboxylic acids is 1. The summed E-state index contributed by atoms with van der Waals surface area (Å²) in [4.78, 5) is 43.3. The van der Waals surface area contributed by atoms with Crippen LogP contribution in [0.2, 0.25) is 0 Å². The zero-order valence-electron chi connectivity index (χ0n) is 18.4. The van der Waals surface area contributed by atoms with E-state index in [2.05, 4.69) is 4.98 Å². The molecule has 0 saturated carbocycles. The number of quaternary nitrogens is 1. The lowest BCUT2D eigenvalue weighted by molar-refractivity contribution is -0.892. The van der Waals surface area contributed by atoms with Crippen LogP contribution < -0.4 is 26.8 Å². The van der Waals surface area contributed by atoms with Gasteiger partial charge in [-0.15, -0.1) is 0 Å². The van der Waals surface area contributed by atoms with E-state index in [0.29, 0.717) is 19.6 Å². The molecule has 1 aromatic rings. The fraction of sp³-hybridized carbons (Fsp3) is 0.762. The van der Waals surface area contributed by atoms with Crippen molar-refractivity contribution in [2.24, 2.45) is 11.8 Å². The van der Waals surface area contributed by atoms with Crippen LogP contribution in [0.5, 0.6) is 0 Å². The van der Waals surface area contributed by atoms with Gasteiger partial charge in [-0.1, -0.05) is 34.1 Å². The molecule has 0 aliphatic carbocycles. The van der Waals surface area contributed by atoms with E-state index in [1.165, 1.54) is 33.6 Å². The first-order valence-corrected chi connectivity index (χ1v) is 11.0. The molecule has 2 rings (SSSR count). The van der Waals surface area contributed by atoms with Crippen LogP contribution in [0.3, 0.4) is 0 Å². The van der Waals surface area contributed by atoms with E-state index in [1.807, 2.05) is 27.7 Å². The van der Waals surface area contributed by atoms with Gasteiger partial charge < -0.3 is 10.6 Å². The third-order valence-corrected chi connectivity index (χ3v) is 5.34. The highest BCUT2D eigenvalue weighted by Crippen LogP contribution is 2.19. The number of amides is 1. The number of nitrogens with two attached hydrogens (primary N) is 1. The lowest BCUT2D eigenvalue weighted by Gasteiger charge is -2.28. The van der Waals surface area contributed by atoms with Gasteiger partial charge in [0.05, 0.1) is 13.1 Å². The Kier molecular flexibility index (Phi) is 8.49. The van der Waals surface area contributed by atoms with Crippen LogP contribution in [-0.2, 0) is 11.3 Å². The monoisotopic (exact) mass is 408 g/mol. The van der Waals surface area contributed by atoms with Gasteiger partial charge in [0, 0.05) is 13.1 Å². The number of nitrogens with one attached hydrogen (secondary N) is 2. The maximum atomic E-state index is 13.3. The predicted octanol–water partition coefficient (Wildman–Crippen LogP) is 0.613. The number of carbonyl (C=O) groups is 1. The molecule has 0 aromatic carbocycles. The summed E-state index contributed by atoms with van der Waals surface area (Å²) in [6, 6.07) is 0. The summed E-state index contributed by atoms with van der Waals surface area (Å²) in [5, 5.41) is 0. The van der Waals surface area contributed by atoms with Crippen molar-refractivity contribution in [3.05, 3.63) is 20.8 Å². The summed E-state index contributed by atoms with van der Waals surface area (Å²) in [5.74, 6) is 0.296.